The van der Waals surface area contributed by atoms with Gasteiger partial charge in [-0.05, 0) is 12.8 Å². The summed E-state index contributed by atoms with van der Waals surface area (Å²) in [6.07, 6.45) is 13.1. The van der Waals surface area contributed by atoms with E-state index < -0.39 is 7.82 Å². The van der Waals surface area contributed by atoms with Crippen LogP contribution in [0.3, 0.4) is 0 Å². The van der Waals surface area contributed by atoms with Crippen molar-refractivity contribution in [1.29, 1.82) is 0 Å². The van der Waals surface area contributed by atoms with Gasteiger partial charge in [-0.3, -0.25) is 13.8 Å². The Morgan fingerprint density at radius 1 is 0.929 bits per heavy atom. The summed E-state index contributed by atoms with van der Waals surface area (Å²) in [5.41, 5.74) is 0. The molecule has 0 rings (SSSR count). The zero-order chi connectivity index (χ0) is 21.1. The third kappa shape index (κ3) is 18.1. The Balaban J connectivity index is 4.16. The van der Waals surface area contributed by atoms with E-state index in [-0.39, 0.29) is 17.0 Å². The molecule has 1 N–H and O–H groups in total. The number of phosphoric ester groups is 1. The maximum absolute atomic E-state index is 12.2. The molecule has 168 valence electrons. The fraction of sp³-hybridized carbons (Fsp3) is 0.950. The predicted octanol–water partition coefficient (Wildman–Crippen LogP) is 6.12. The summed E-state index contributed by atoms with van der Waals surface area (Å²) in [5.74, 6) is 0. The first-order chi connectivity index (χ1) is 13.4. The van der Waals surface area contributed by atoms with E-state index in [0.29, 0.717) is 19.6 Å². The summed E-state index contributed by atoms with van der Waals surface area (Å²) in [6.45, 7) is 5.27. The van der Waals surface area contributed by atoms with Crippen molar-refractivity contribution < 1.29 is 28.0 Å². The molecule has 0 aliphatic rings. The first kappa shape index (κ1) is 28.1. The molecule has 0 heterocycles. The number of hydrogen-bond donors (Lipinski definition) is 1. The molecule has 0 aromatic heterocycles. The molecule has 28 heavy (non-hydrogen) atoms. The predicted molar refractivity (Wildman–Crippen MR) is 117 cm³/mol. The number of carbonyl (C=O) groups is 1. The Hall–Kier alpha value is 0.0900. The fourth-order valence-electron chi connectivity index (χ4n) is 2.66. The van der Waals surface area contributed by atoms with Crippen LogP contribution < -0.4 is 0 Å². The number of ether oxygens (including phenoxy) is 1. The average Bonchev–Trinajstić information content (AvgIpc) is 2.67. The van der Waals surface area contributed by atoms with Gasteiger partial charge in [0.15, 0.2) is 5.12 Å². The molecule has 0 saturated carbocycles. The first-order valence-corrected chi connectivity index (χ1v) is 13.1. The van der Waals surface area contributed by atoms with Gasteiger partial charge >= 0.3 is 7.82 Å². The number of phosphoric acid groups is 1. The van der Waals surface area contributed by atoms with Gasteiger partial charge in [0.1, 0.15) is 0 Å². The number of unbranched alkanes of at least 4 members (excludes halogenated alkanes) is 9. The maximum atomic E-state index is 12.2. The highest BCUT2D eigenvalue weighted by Crippen LogP contribution is 2.42. The largest absolute Gasteiger partial charge is 0.471 e. The molecule has 6 nitrogen and oxygen atoms in total. The summed E-state index contributed by atoms with van der Waals surface area (Å²) in [5, 5.41) is -0.225. The van der Waals surface area contributed by atoms with Gasteiger partial charge in [0.25, 0.3) is 0 Å². The second-order valence-corrected chi connectivity index (χ2v) is 9.98. The van der Waals surface area contributed by atoms with Gasteiger partial charge in [-0.1, -0.05) is 83.4 Å². The van der Waals surface area contributed by atoms with Crippen LogP contribution in [0.4, 0.5) is 0 Å². The lowest BCUT2D eigenvalue weighted by atomic mass is 10.1. The standard InChI is InChI=1S/C20H41O6PS/c1-4-6-8-10-12-14-16-25-17-19(18-26-27(22,23)24-3)28-20(21)15-13-11-9-7-5-2/h19H,4-18H2,1-3H3,(H,22,23)/t19-/m1/s1. The molecule has 8 heteroatoms. The third-order valence-corrected chi connectivity index (χ3v) is 6.39. The first-order valence-electron chi connectivity index (χ1n) is 10.8. The van der Waals surface area contributed by atoms with Crippen LogP contribution in [0.2, 0.25) is 0 Å². The summed E-state index contributed by atoms with van der Waals surface area (Å²) >= 11 is 1.16. The van der Waals surface area contributed by atoms with Gasteiger partial charge < -0.3 is 9.63 Å². The lowest BCUT2D eigenvalue weighted by Crippen LogP contribution is -2.21. The van der Waals surface area contributed by atoms with Crippen LogP contribution in [-0.4, -0.2) is 42.2 Å². The van der Waals surface area contributed by atoms with E-state index in [1.165, 1.54) is 38.5 Å². The number of thioether (sulfide) groups is 1. The quantitative estimate of drug-likeness (QED) is 0.180. The van der Waals surface area contributed by atoms with Crippen molar-refractivity contribution >= 4 is 24.7 Å². The second kappa shape index (κ2) is 19.1. The van der Waals surface area contributed by atoms with Crippen molar-refractivity contribution in [3.8, 4) is 0 Å². The summed E-state index contributed by atoms with van der Waals surface area (Å²) in [7, 11) is -2.92. The SMILES string of the molecule is CCCCCCCCOC[C@H](COP(=O)(O)OC)SC(=O)CCCCCCC. The van der Waals surface area contributed by atoms with Gasteiger partial charge in [0, 0.05) is 20.1 Å². The van der Waals surface area contributed by atoms with Crippen molar-refractivity contribution in [3.63, 3.8) is 0 Å². The molecule has 0 fully saturated rings. The Bertz CT molecular complexity index is 422. The summed E-state index contributed by atoms with van der Waals surface area (Å²) < 4.78 is 26.6. The van der Waals surface area contributed by atoms with Crippen LogP contribution in [0.1, 0.15) is 90.9 Å². The molecule has 0 spiro atoms. The van der Waals surface area contributed by atoms with Crippen LogP contribution in [0.25, 0.3) is 0 Å². The van der Waals surface area contributed by atoms with E-state index in [1.807, 2.05) is 0 Å². The minimum absolute atomic E-state index is 0.0512. The molecule has 0 radical (unpaired) electrons. The van der Waals surface area contributed by atoms with Crippen LogP contribution in [0.5, 0.6) is 0 Å². The smallest absolute Gasteiger partial charge is 0.380 e. The van der Waals surface area contributed by atoms with Gasteiger partial charge in [0.05, 0.1) is 18.5 Å². The minimum atomic E-state index is -4.05. The van der Waals surface area contributed by atoms with Gasteiger partial charge in [0.2, 0.25) is 0 Å². The van der Waals surface area contributed by atoms with Crippen molar-refractivity contribution in [3.05, 3.63) is 0 Å². The zero-order valence-corrected chi connectivity index (χ0v) is 19.7. The van der Waals surface area contributed by atoms with Crippen LogP contribution in [-0.2, 0) is 23.1 Å². The Kier molecular flexibility index (Phi) is 19.1. The number of hydrogen-bond acceptors (Lipinski definition) is 6. The lowest BCUT2D eigenvalue weighted by Gasteiger charge is -2.17. The monoisotopic (exact) mass is 440 g/mol. The highest BCUT2D eigenvalue weighted by Gasteiger charge is 2.23. The van der Waals surface area contributed by atoms with Crippen molar-refractivity contribution in [1.82, 2.24) is 0 Å². The van der Waals surface area contributed by atoms with E-state index in [4.69, 9.17) is 9.26 Å². The van der Waals surface area contributed by atoms with Crippen molar-refractivity contribution in [2.75, 3.05) is 26.9 Å². The van der Waals surface area contributed by atoms with Crippen LogP contribution >= 0.6 is 19.6 Å². The highest BCUT2D eigenvalue weighted by molar-refractivity contribution is 8.14. The minimum Gasteiger partial charge on any atom is -0.380 e. The molecular formula is C20H41O6PS. The van der Waals surface area contributed by atoms with E-state index in [0.717, 1.165) is 51.0 Å². The van der Waals surface area contributed by atoms with E-state index >= 15 is 0 Å². The summed E-state index contributed by atoms with van der Waals surface area (Å²) in [6, 6.07) is 0. The Morgan fingerprint density at radius 2 is 1.50 bits per heavy atom. The lowest BCUT2D eigenvalue weighted by molar-refractivity contribution is -0.111. The van der Waals surface area contributed by atoms with E-state index in [9.17, 15) is 14.3 Å². The molecule has 0 saturated heterocycles. The molecule has 1 unspecified atom stereocenters. The molecule has 0 amide bonds. The van der Waals surface area contributed by atoms with Crippen molar-refractivity contribution in [2.24, 2.45) is 0 Å². The highest BCUT2D eigenvalue weighted by atomic mass is 32.2. The molecule has 0 aromatic rings. The second-order valence-electron chi connectivity index (χ2n) is 7.07. The van der Waals surface area contributed by atoms with E-state index in [1.54, 1.807) is 0 Å². The van der Waals surface area contributed by atoms with Gasteiger partial charge in [-0.25, -0.2) is 4.57 Å². The average molecular weight is 441 g/mol. The molecule has 0 aliphatic carbocycles. The third-order valence-electron chi connectivity index (χ3n) is 4.38. The van der Waals surface area contributed by atoms with Crippen LogP contribution in [0.15, 0.2) is 0 Å². The van der Waals surface area contributed by atoms with Gasteiger partial charge in [-0.2, -0.15) is 0 Å². The van der Waals surface area contributed by atoms with Gasteiger partial charge in [-0.15, -0.1) is 0 Å². The Morgan fingerprint density at radius 3 is 2.11 bits per heavy atom. The van der Waals surface area contributed by atoms with Crippen molar-refractivity contribution in [2.45, 2.75) is 96.1 Å². The molecule has 0 aliphatic heterocycles. The van der Waals surface area contributed by atoms with E-state index in [2.05, 4.69) is 18.4 Å². The Labute approximate surface area is 176 Å². The van der Waals surface area contributed by atoms with Crippen LogP contribution in [0, 0.1) is 0 Å². The molecule has 0 bridgehead atoms. The molecule has 0 aromatic carbocycles. The maximum Gasteiger partial charge on any atom is 0.471 e. The fourth-order valence-corrected chi connectivity index (χ4v) is 4.17. The summed E-state index contributed by atoms with van der Waals surface area (Å²) in [4.78, 5) is 21.6. The normalized spacial score (nSPS) is 14.7. The molecule has 2 atom stereocenters. The number of rotatable bonds is 20. The number of carbonyl (C=O) groups excluding carboxylic acids is 1. The molecular weight excluding hydrogens is 399 g/mol. The zero-order valence-electron chi connectivity index (χ0n) is 18.0. The topological polar surface area (TPSA) is 82.1 Å².